The number of amides is 1. The smallest absolute Gasteiger partial charge is 0.339 e. The van der Waals surface area contributed by atoms with Gasteiger partial charge in [-0.2, -0.15) is 0 Å². The lowest BCUT2D eigenvalue weighted by molar-refractivity contribution is -0.123. The SMILES string of the molecule is O=C(COc1ccc2c3c(c(=O)oc2c1)CCCC3)NC[C@@H](O)c1ccccc1. The van der Waals surface area contributed by atoms with Crippen LogP contribution < -0.4 is 15.7 Å². The molecule has 3 aromatic rings. The Morgan fingerprint density at radius 3 is 2.66 bits per heavy atom. The largest absolute Gasteiger partial charge is 0.484 e. The number of carbonyl (C=O) groups excluding carboxylic acids is 1. The molecule has 0 unspecified atom stereocenters. The molecule has 0 saturated heterocycles. The molecule has 6 nitrogen and oxygen atoms in total. The molecule has 6 heteroatoms. The van der Waals surface area contributed by atoms with Crippen LogP contribution in [0.2, 0.25) is 0 Å². The second kappa shape index (κ2) is 8.49. The lowest BCUT2D eigenvalue weighted by atomic mass is 9.91. The zero-order valence-corrected chi connectivity index (χ0v) is 16.0. The number of aryl methyl sites for hydroxylation is 1. The van der Waals surface area contributed by atoms with E-state index >= 15 is 0 Å². The van der Waals surface area contributed by atoms with E-state index < -0.39 is 6.10 Å². The highest BCUT2D eigenvalue weighted by molar-refractivity contribution is 5.83. The summed E-state index contributed by atoms with van der Waals surface area (Å²) in [6.45, 7) is -0.0902. The molecule has 0 saturated carbocycles. The van der Waals surface area contributed by atoms with E-state index in [1.165, 1.54) is 0 Å². The van der Waals surface area contributed by atoms with Crippen molar-refractivity contribution in [1.82, 2.24) is 5.32 Å². The Bertz CT molecular complexity index is 1070. The fraction of sp³-hybridized carbons (Fsp3) is 0.304. The highest BCUT2D eigenvalue weighted by Gasteiger charge is 2.18. The van der Waals surface area contributed by atoms with Gasteiger partial charge in [-0.05, 0) is 48.9 Å². The number of hydrogen-bond donors (Lipinski definition) is 2. The summed E-state index contributed by atoms with van der Waals surface area (Å²) in [5.74, 6) is 0.113. The molecular weight excluding hydrogens is 370 g/mol. The van der Waals surface area contributed by atoms with Crippen molar-refractivity contribution >= 4 is 16.9 Å². The summed E-state index contributed by atoms with van der Waals surface area (Å²) in [4.78, 5) is 24.3. The molecule has 150 valence electrons. The van der Waals surface area contributed by atoms with Gasteiger partial charge in [0.05, 0.1) is 6.10 Å². The summed E-state index contributed by atoms with van der Waals surface area (Å²) in [5.41, 5.74) is 2.79. The Morgan fingerprint density at radius 2 is 1.86 bits per heavy atom. The van der Waals surface area contributed by atoms with E-state index in [1.54, 1.807) is 24.3 Å². The molecule has 1 aliphatic rings. The topological polar surface area (TPSA) is 88.8 Å². The van der Waals surface area contributed by atoms with Gasteiger partial charge in [0, 0.05) is 23.6 Å². The number of ether oxygens (including phenoxy) is 1. The van der Waals surface area contributed by atoms with Gasteiger partial charge in [0.15, 0.2) is 6.61 Å². The van der Waals surface area contributed by atoms with Crippen molar-refractivity contribution in [3.8, 4) is 5.75 Å². The molecule has 4 rings (SSSR count). The first-order chi connectivity index (χ1) is 14.1. The van der Waals surface area contributed by atoms with Gasteiger partial charge in [-0.15, -0.1) is 0 Å². The molecule has 0 spiro atoms. The van der Waals surface area contributed by atoms with Crippen LogP contribution in [0.5, 0.6) is 5.75 Å². The van der Waals surface area contributed by atoms with Crippen molar-refractivity contribution < 1.29 is 19.1 Å². The van der Waals surface area contributed by atoms with E-state index in [-0.39, 0.29) is 24.7 Å². The third kappa shape index (κ3) is 4.32. The molecule has 2 N–H and O–H groups in total. The minimum Gasteiger partial charge on any atom is -0.484 e. The lowest BCUT2D eigenvalue weighted by Gasteiger charge is -2.16. The maximum Gasteiger partial charge on any atom is 0.339 e. The van der Waals surface area contributed by atoms with Gasteiger partial charge in [-0.25, -0.2) is 4.79 Å². The first kappa shape index (κ1) is 19.2. The molecule has 2 aromatic carbocycles. The molecule has 29 heavy (non-hydrogen) atoms. The molecule has 1 aliphatic carbocycles. The van der Waals surface area contributed by atoms with E-state index in [1.807, 2.05) is 24.3 Å². The average Bonchev–Trinajstić information content (AvgIpc) is 2.76. The molecule has 0 bridgehead atoms. The van der Waals surface area contributed by atoms with Crippen LogP contribution >= 0.6 is 0 Å². The summed E-state index contributed by atoms with van der Waals surface area (Å²) >= 11 is 0. The van der Waals surface area contributed by atoms with Crippen LogP contribution in [0, 0.1) is 0 Å². The van der Waals surface area contributed by atoms with Crippen LogP contribution in [0.3, 0.4) is 0 Å². The zero-order chi connectivity index (χ0) is 20.2. The molecule has 0 aliphatic heterocycles. The van der Waals surface area contributed by atoms with Crippen molar-refractivity contribution in [3.05, 3.63) is 75.6 Å². The van der Waals surface area contributed by atoms with E-state index in [2.05, 4.69) is 5.32 Å². The summed E-state index contributed by atoms with van der Waals surface area (Å²) in [6.07, 6.45) is 2.95. The Kier molecular flexibility index (Phi) is 5.62. The number of hydrogen-bond acceptors (Lipinski definition) is 5. The number of aliphatic hydroxyl groups is 1. The zero-order valence-electron chi connectivity index (χ0n) is 16.0. The van der Waals surface area contributed by atoms with Crippen molar-refractivity contribution in [1.29, 1.82) is 0 Å². The van der Waals surface area contributed by atoms with Gasteiger partial charge in [0.1, 0.15) is 11.3 Å². The van der Waals surface area contributed by atoms with E-state index in [4.69, 9.17) is 9.15 Å². The van der Waals surface area contributed by atoms with Gasteiger partial charge < -0.3 is 19.6 Å². The summed E-state index contributed by atoms with van der Waals surface area (Å²) in [7, 11) is 0. The van der Waals surface area contributed by atoms with Crippen LogP contribution in [0.15, 0.2) is 57.7 Å². The lowest BCUT2D eigenvalue weighted by Crippen LogP contribution is -2.32. The Morgan fingerprint density at radius 1 is 1.10 bits per heavy atom. The Labute approximate surface area is 168 Å². The minimum atomic E-state index is -0.777. The van der Waals surface area contributed by atoms with Crippen LogP contribution in [-0.2, 0) is 17.6 Å². The van der Waals surface area contributed by atoms with Gasteiger partial charge in [-0.1, -0.05) is 30.3 Å². The molecule has 1 aromatic heterocycles. The first-order valence-electron chi connectivity index (χ1n) is 9.83. The fourth-order valence-corrected chi connectivity index (χ4v) is 3.72. The third-order valence-corrected chi connectivity index (χ3v) is 5.24. The molecule has 0 fully saturated rings. The van der Waals surface area contributed by atoms with Crippen LogP contribution in [0.4, 0.5) is 0 Å². The van der Waals surface area contributed by atoms with Crippen molar-refractivity contribution in [2.24, 2.45) is 0 Å². The predicted octanol–water partition coefficient (Wildman–Crippen LogP) is 2.90. The van der Waals surface area contributed by atoms with Gasteiger partial charge in [0.2, 0.25) is 0 Å². The quantitative estimate of drug-likeness (QED) is 0.629. The minimum absolute atomic E-state index is 0.102. The molecule has 1 heterocycles. The number of benzene rings is 2. The summed E-state index contributed by atoms with van der Waals surface area (Å²) in [5, 5.41) is 13.7. The third-order valence-electron chi connectivity index (χ3n) is 5.24. The fourth-order valence-electron chi connectivity index (χ4n) is 3.72. The second-order valence-corrected chi connectivity index (χ2v) is 7.23. The average molecular weight is 393 g/mol. The van der Waals surface area contributed by atoms with E-state index in [9.17, 15) is 14.7 Å². The first-order valence-corrected chi connectivity index (χ1v) is 9.83. The highest BCUT2D eigenvalue weighted by Crippen LogP contribution is 2.29. The normalized spacial score (nSPS) is 14.2. The molecule has 1 amide bonds. The maximum absolute atomic E-state index is 12.2. The Balaban J connectivity index is 1.38. The number of carbonyl (C=O) groups is 1. The predicted molar refractivity (Wildman–Crippen MR) is 109 cm³/mol. The number of fused-ring (bicyclic) bond motifs is 3. The van der Waals surface area contributed by atoms with Crippen LogP contribution in [0.1, 0.15) is 35.6 Å². The standard InChI is InChI=1S/C23H23NO5/c25-20(15-6-2-1-3-7-15)13-24-22(26)14-28-16-10-11-18-17-8-4-5-9-19(17)23(27)29-21(18)12-16/h1-3,6-7,10-12,20,25H,4-5,8-9,13-14H2,(H,24,26)/t20-/m1/s1. The maximum atomic E-state index is 12.2. The number of rotatable bonds is 6. The second-order valence-electron chi connectivity index (χ2n) is 7.23. The van der Waals surface area contributed by atoms with E-state index in [0.717, 1.165) is 47.8 Å². The highest BCUT2D eigenvalue weighted by atomic mass is 16.5. The van der Waals surface area contributed by atoms with Gasteiger partial charge >= 0.3 is 5.63 Å². The monoisotopic (exact) mass is 393 g/mol. The molecule has 1 atom stereocenters. The Hall–Kier alpha value is -3.12. The van der Waals surface area contributed by atoms with Crippen molar-refractivity contribution in [3.63, 3.8) is 0 Å². The van der Waals surface area contributed by atoms with Crippen molar-refractivity contribution in [2.45, 2.75) is 31.8 Å². The number of nitrogens with one attached hydrogen (secondary N) is 1. The summed E-state index contributed by atoms with van der Waals surface area (Å²) in [6, 6.07) is 14.4. The van der Waals surface area contributed by atoms with Crippen LogP contribution in [0.25, 0.3) is 11.0 Å². The number of aliphatic hydroxyl groups excluding tert-OH is 1. The van der Waals surface area contributed by atoms with Crippen molar-refractivity contribution in [2.75, 3.05) is 13.2 Å². The van der Waals surface area contributed by atoms with E-state index in [0.29, 0.717) is 11.3 Å². The van der Waals surface area contributed by atoms with Gasteiger partial charge in [-0.3, -0.25) is 4.79 Å². The van der Waals surface area contributed by atoms with Gasteiger partial charge in [0.25, 0.3) is 5.91 Å². The molecule has 0 radical (unpaired) electrons. The van der Waals surface area contributed by atoms with Crippen LogP contribution in [-0.4, -0.2) is 24.2 Å². The summed E-state index contributed by atoms with van der Waals surface area (Å²) < 4.78 is 11.0. The molecular formula is C23H23NO5.